The van der Waals surface area contributed by atoms with Crippen molar-refractivity contribution in [3.63, 3.8) is 0 Å². The van der Waals surface area contributed by atoms with Crippen LogP contribution in [0.1, 0.15) is 30.5 Å². The molecule has 0 radical (unpaired) electrons. The van der Waals surface area contributed by atoms with Gasteiger partial charge < -0.3 is 9.84 Å². The average molecular weight is 317 g/mol. The van der Waals surface area contributed by atoms with Crippen LogP contribution in [0.5, 0.6) is 0 Å². The van der Waals surface area contributed by atoms with Gasteiger partial charge in [-0.25, -0.2) is 4.39 Å². The maximum absolute atomic E-state index is 13.9. The minimum Gasteiger partial charge on any atom is -0.363 e. The molecule has 1 aliphatic carbocycles. The van der Waals surface area contributed by atoms with Crippen LogP contribution >= 0.6 is 0 Å². The Morgan fingerprint density at radius 3 is 2.87 bits per heavy atom. The van der Waals surface area contributed by atoms with Gasteiger partial charge in [0.25, 0.3) is 0 Å². The number of amides is 2. The molecule has 0 aliphatic heterocycles. The second-order valence-electron chi connectivity index (χ2n) is 5.61. The number of carbonyl (C=O) groups excluding carboxylic acids is 2. The van der Waals surface area contributed by atoms with Crippen molar-refractivity contribution in [3.05, 3.63) is 47.5 Å². The molecule has 120 valence electrons. The molecule has 2 amide bonds. The van der Waals surface area contributed by atoms with Gasteiger partial charge in [0.15, 0.2) is 5.82 Å². The molecule has 0 bridgehead atoms. The monoisotopic (exact) mass is 317 g/mol. The second kappa shape index (κ2) is 6.20. The minimum absolute atomic E-state index is 0.105. The number of nitrogens with one attached hydrogen (secondary N) is 2. The van der Waals surface area contributed by atoms with E-state index in [2.05, 4.69) is 20.3 Å². The van der Waals surface area contributed by atoms with Gasteiger partial charge >= 0.3 is 11.8 Å². The molecule has 23 heavy (non-hydrogen) atoms. The van der Waals surface area contributed by atoms with E-state index in [0.717, 1.165) is 12.0 Å². The molecule has 1 heterocycles. The summed E-state index contributed by atoms with van der Waals surface area (Å²) < 4.78 is 18.5. The zero-order valence-corrected chi connectivity index (χ0v) is 12.5. The summed E-state index contributed by atoms with van der Waals surface area (Å²) in [6.45, 7) is 1.97. The van der Waals surface area contributed by atoms with Gasteiger partial charge in [0.05, 0.1) is 6.04 Å². The van der Waals surface area contributed by atoms with E-state index in [-0.39, 0.29) is 17.6 Å². The molecule has 6 nitrogen and oxygen atoms in total. The molecule has 0 saturated carbocycles. The Labute approximate surface area is 132 Å². The second-order valence-corrected chi connectivity index (χ2v) is 5.61. The lowest BCUT2D eigenvalue weighted by molar-refractivity contribution is -0.137. The van der Waals surface area contributed by atoms with Gasteiger partial charge in [-0.1, -0.05) is 24.2 Å². The predicted octanol–water partition coefficient (Wildman–Crippen LogP) is 2.19. The summed E-state index contributed by atoms with van der Waals surface area (Å²) in [5, 5.41) is 8.53. The number of halogens is 1. The number of aromatic nitrogens is 1. The highest BCUT2D eigenvalue weighted by atomic mass is 19.1. The van der Waals surface area contributed by atoms with E-state index < -0.39 is 17.9 Å². The fourth-order valence-electron chi connectivity index (χ4n) is 2.85. The number of carbonyl (C=O) groups is 2. The number of fused-ring (bicyclic) bond motifs is 1. The van der Waals surface area contributed by atoms with Crippen molar-refractivity contribution < 1.29 is 18.5 Å². The van der Waals surface area contributed by atoms with E-state index in [4.69, 9.17) is 0 Å². The van der Waals surface area contributed by atoms with Crippen LogP contribution in [0.2, 0.25) is 0 Å². The van der Waals surface area contributed by atoms with Gasteiger partial charge in [-0.15, -0.1) is 0 Å². The number of benzene rings is 1. The number of hydrogen-bond acceptors (Lipinski definition) is 4. The molecule has 7 heteroatoms. The third kappa shape index (κ3) is 3.08. The van der Waals surface area contributed by atoms with Crippen LogP contribution in [0.4, 0.5) is 10.2 Å². The minimum atomic E-state index is -0.838. The summed E-state index contributed by atoms with van der Waals surface area (Å²) >= 11 is 0. The largest absolute Gasteiger partial charge is 0.363 e. The van der Waals surface area contributed by atoms with Crippen molar-refractivity contribution in [3.8, 4) is 0 Å². The summed E-state index contributed by atoms with van der Waals surface area (Å²) in [6.07, 6.45) is 2.65. The molecule has 0 fully saturated rings. The summed E-state index contributed by atoms with van der Waals surface area (Å²) in [7, 11) is 0. The molecular weight excluding hydrogens is 301 g/mol. The summed E-state index contributed by atoms with van der Waals surface area (Å²) in [6, 6.07) is 5.84. The van der Waals surface area contributed by atoms with Crippen LogP contribution < -0.4 is 10.6 Å². The molecule has 1 aromatic carbocycles. The normalized spacial score (nSPS) is 19.7. The molecule has 0 spiro atoms. The standard InChI is InChI=1S/C16H16FN3O3/c1-9-5-6-10-11(3-2-4-12(10)17)14(9)19-16(22)15(21)18-13-7-8-23-20-13/h2-4,7-9,14H,5-6H2,1H3,(H,19,22)(H,18,20,21)/t9-,14-/m1/s1. The van der Waals surface area contributed by atoms with Crippen LogP contribution in [0.15, 0.2) is 35.1 Å². The molecule has 3 rings (SSSR count). The van der Waals surface area contributed by atoms with Crippen LogP contribution in [-0.2, 0) is 16.0 Å². The maximum atomic E-state index is 13.9. The Balaban J connectivity index is 1.75. The predicted molar refractivity (Wildman–Crippen MR) is 79.9 cm³/mol. The fraction of sp³-hybridized carbons (Fsp3) is 0.312. The number of rotatable bonds is 2. The maximum Gasteiger partial charge on any atom is 0.314 e. The fourth-order valence-corrected chi connectivity index (χ4v) is 2.85. The van der Waals surface area contributed by atoms with Crippen LogP contribution in [0, 0.1) is 11.7 Å². The highest BCUT2D eigenvalue weighted by Crippen LogP contribution is 2.35. The number of hydrogen-bond donors (Lipinski definition) is 2. The van der Waals surface area contributed by atoms with E-state index in [1.807, 2.05) is 6.92 Å². The average Bonchev–Trinajstić information content (AvgIpc) is 3.03. The van der Waals surface area contributed by atoms with Crippen LogP contribution in [-0.4, -0.2) is 17.0 Å². The van der Waals surface area contributed by atoms with Crippen molar-refractivity contribution >= 4 is 17.6 Å². The van der Waals surface area contributed by atoms with Gasteiger partial charge in [-0.3, -0.25) is 14.9 Å². The number of anilines is 1. The van der Waals surface area contributed by atoms with Crippen molar-refractivity contribution in [2.45, 2.75) is 25.8 Å². The Morgan fingerprint density at radius 1 is 1.30 bits per heavy atom. The third-order valence-corrected chi connectivity index (χ3v) is 4.08. The quantitative estimate of drug-likeness (QED) is 0.832. The highest BCUT2D eigenvalue weighted by molar-refractivity contribution is 6.39. The van der Waals surface area contributed by atoms with Gasteiger partial charge in [0, 0.05) is 6.07 Å². The molecule has 1 aliphatic rings. The first-order valence-corrected chi connectivity index (χ1v) is 7.35. The Kier molecular flexibility index (Phi) is 4.10. The highest BCUT2D eigenvalue weighted by Gasteiger charge is 2.31. The van der Waals surface area contributed by atoms with Crippen molar-refractivity contribution in [2.24, 2.45) is 5.92 Å². The molecule has 1 aromatic heterocycles. The summed E-state index contributed by atoms with van der Waals surface area (Å²) in [5.74, 6) is -1.64. The molecular formula is C16H16FN3O3. The lowest BCUT2D eigenvalue weighted by atomic mass is 9.80. The van der Waals surface area contributed by atoms with Crippen LogP contribution in [0.3, 0.4) is 0 Å². The van der Waals surface area contributed by atoms with E-state index in [0.29, 0.717) is 12.0 Å². The van der Waals surface area contributed by atoms with Gasteiger partial charge in [-0.05, 0) is 36.0 Å². The first-order valence-electron chi connectivity index (χ1n) is 7.35. The molecule has 2 aromatic rings. The zero-order valence-electron chi connectivity index (χ0n) is 12.5. The summed E-state index contributed by atoms with van der Waals surface area (Å²) in [5.41, 5.74) is 1.33. The van der Waals surface area contributed by atoms with Crippen molar-refractivity contribution in [2.75, 3.05) is 5.32 Å². The zero-order chi connectivity index (χ0) is 16.4. The lowest BCUT2D eigenvalue weighted by Gasteiger charge is -2.32. The first kappa shape index (κ1) is 15.2. The molecule has 0 unspecified atom stereocenters. The topological polar surface area (TPSA) is 84.2 Å². The van der Waals surface area contributed by atoms with Gasteiger partial charge in [-0.2, -0.15) is 0 Å². The first-order chi connectivity index (χ1) is 11.1. The Hall–Kier alpha value is -2.70. The van der Waals surface area contributed by atoms with Gasteiger partial charge in [0.1, 0.15) is 12.1 Å². The molecule has 2 atom stereocenters. The van der Waals surface area contributed by atoms with E-state index in [1.165, 1.54) is 18.4 Å². The smallest absolute Gasteiger partial charge is 0.314 e. The Bertz CT molecular complexity index is 730. The van der Waals surface area contributed by atoms with Crippen LogP contribution in [0.25, 0.3) is 0 Å². The molecule has 2 N–H and O–H groups in total. The SMILES string of the molecule is C[C@@H]1CCc2c(F)cccc2[C@@H]1NC(=O)C(=O)Nc1ccon1. The number of nitrogens with zero attached hydrogens (tertiary/aromatic N) is 1. The lowest BCUT2D eigenvalue weighted by Crippen LogP contribution is -2.41. The molecule has 0 saturated heterocycles. The van der Waals surface area contributed by atoms with E-state index in [9.17, 15) is 14.0 Å². The van der Waals surface area contributed by atoms with E-state index in [1.54, 1.807) is 12.1 Å². The van der Waals surface area contributed by atoms with E-state index >= 15 is 0 Å². The van der Waals surface area contributed by atoms with Crippen molar-refractivity contribution in [1.29, 1.82) is 0 Å². The summed E-state index contributed by atoms with van der Waals surface area (Å²) in [4.78, 5) is 24.0. The van der Waals surface area contributed by atoms with Gasteiger partial charge in [0.2, 0.25) is 0 Å². The van der Waals surface area contributed by atoms with Crippen molar-refractivity contribution in [1.82, 2.24) is 10.5 Å². The third-order valence-electron chi connectivity index (χ3n) is 4.08. The Morgan fingerprint density at radius 2 is 2.13 bits per heavy atom.